The molecule has 1 saturated heterocycles. The molecule has 0 spiro atoms. The Morgan fingerprint density at radius 2 is 1.82 bits per heavy atom. The Morgan fingerprint density at radius 3 is 2.47 bits per heavy atom. The number of ether oxygens (including phenoxy) is 1. The smallest absolute Gasteiger partial charge is 0.295 e. The van der Waals surface area contributed by atoms with Crippen LogP contribution in [0.3, 0.4) is 0 Å². The SMILES string of the molecule is COc1ccc(/C(O)=C2\C(=O)C(=O)N(Cc3ccncc3)C2c2ccccc2F)cc1C(C)C. The Balaban J connectivity index is 1.90. The number of aromatic nitrogens is 1. The van der Waals surface area contributed by atoms with Gasteiger partial charge in [0.2, 0.25) is 0 Å². The van der Waals surface area contributed by atoms with Crippen molar-refractivity contribution in [1.82, 2.24) is 9.88 Å². The van der Waals surface area contributed by atoms with Crippen LogP contribution in [-0.4, -0.2) is 33.8 Å². The Morgan fingerprint density at radius 1 is 1.12 bits per heavy atom. The third-order valence-electron chi connectivity index (χ3n) is 5.97. The maximum absolute atomic E-state index is 14.9. The van der Waals surface area contributed by atoms with E-state index in [2.05, 4.69) is 4.98 Å². The van der Waals surface area contributed by atoms with Crippen molar-refractivity contribution in [2.45, 2.75) is 32.4 Å². The van der Waals surface area contributed by atoms with Crippen molar-refractivity contribution in [3.8, 4) is 5.75 Å². The molecule has 34 heavy (non-hydrogen) atoms. The fourth-order valence-corrected chi connectivity index (χ4v) is 4.24. The maximum atomic E-state index is 14.9. The van der Waals surface area contributed by atoms with E-state index in [1.807, 2.05) is 13.8 Å². The minimum atomic E-state index is -1.08. The first-order valence-corrected chi connectivity index (χ1v) is 10.9. The average molecular weight is 461 g/mol. The van der Waals surface area contributed by atoms with Crippen LogP contribution in [0.1, 0.15) is 48.1 Å². The number of likely N-dealkylation sites (tertiary alicyclic amines) is 1. The van der Waals surface area contributed by atoms with Crippen LogP contribution in [0.25, 0.3) is 5.76 Å². The fraction of sp³-hybridized carbons (Fsp3) is 0.222. The van der Waals surface area contributed by atoms with E-state index < -0.39 is 23.5 Å². The van der Waals surface area contributed by atoms with Gasteiger partial charge in [-0.25, -0.2) is 4.39 Å². The second-order valence-corrected chi connectivity index (χ2v) is 8.42. The first-order chi connectivity index (χ1) is 16.3. The zero-order chi connectivity index (χ0) is 24.4. The summed E-state index contributed by atoms with van der Waals surface area (Å²) in [6, 6.07) is 13.4. The van der Waals surface area contributed by atoms with E-state index >= 15 is 0 Å². The number of amides is 1. The number of nitrogens with zero attached hydrogens (tertiary/aromatic N) is 2. The molecule has 2 aromatic carbocycles. The molecule has 0 aliphatic carbocycles. The van der Waals surface area contributed by atoms with Gasteiger partial charge in [-0.2, -0.15) is 0 Å². The summed E-state index contributed by atoms with van der Waals surface area (Å²) >= 11 is 0. The number of hydrogen-bond acceptors (Lipinski definition) is 5. The van der Waals surface area contributed by atoms with Crippen LogP contribution >= 0.6 is 0 Å². The number of Topliss-reactive ketones (excluding diaryl/α,β-unsaturated/α-hetero) is 1. The van der Waals surface area contributed by atoms with Gasteiger partial charge in [-0.15, -0.1) is 0 Å². The minimum absolute atomic E-state index is 0.0583. The lowest BCUT2D eigenvalue weighted by Crippen LogP contribution is -2.29. The number of methoxy groups -OCH3 is 1. The summed E-state index contributed by atoms with van der Waals surface area (Å²) in [4.78, 5) is 31.5. The molecule has 1 atom stereocenters. The van der Waals surface area contributed by atoms with Gasteiger partial charge in [-0.3, -0.25) is 14.6 Å². The molecule has 4 rings (SSSR count). The summed E-state index contributed by atoms with van der Waals surface area (Å²) in [7, 11) is 1.56. The highest BCUT2D eigenvalue weighted by Gasteiger charge is 2.47. The number of aliphatic hydroxyl groups excluding tert-OH is 1. The van der Waals surface area contributed by atoms with Gasteiger partial charge in [-0.1, -0.05) is 32.0 Å². The van der Waals surface area contributed by atoms with E-state index in [-0.39, 0.29) is 29.4 Å². The largest absolute Gasteiger partial charge is 0.507 e. The molecule has 1 aliphatic rings. The molecule has 1 N–H and O–H groups in total. The van der Waals surface area contributed by atoms with Crippen LogP contribution in [-0.2, 0) is 16.1 Å². The zero-order valence-electron chi connectivity index (χ0n) is 19.2. The van der Waals surface area contributed by atoms with Crippen LogP contribution in [0.4, 0.5) is 4.39 Å². The van der Waals surface area contributed by atoms with Crippen molar-refractivity contribution >= 4 is 17.4 Å². The van der Waals surface area contributed by atoms with Gasteiger partial charge < -0.3 is 14.7 Å². The highest BCUT2D eigenvalue weighted by molar-refractivity contribution is 6.46. The first kappa shape index (κ1) is 23.2. The van der Waals surface area contributed by atoms with Gasteiger partial charge in [-0.05, 0) is 53.4 Å². The molecule has 0 bridgehead atoms. The Hall–Kier alpha value is -4.00. The Kier molecular flexibility index (Phi) is 6.45. The number of halogens is 1. The van der Waals surface area contributed by atoms with Crippen LogP contribution in [0, 0.1) is 5.82 Å². The molecule has 1 aromatic heterocycles. The molecule has 2 heterocycles. The van der Waals surface area contributed by atoms with Crippen LogP contribution in [0.5, 0.6) is 5.75 Å². The summed E-state index contributed by atoms with van der Waals surface area (Å²) in [6.45, 7) is 4.02. The minimum Gasteiger partial charge on any atom is -0.507 e. The van der Waals surface area contributed by atoms with Gasteiger partial charge in [0.15, 0.2) is 0 Å². The third-order valence-corrected chi connectivity index (χ3v) is 5.97. The fourth-order valence-electron chi connectivity index (χ4n) is 4.24. The average Bonchev–Trinajstić information content (AvgIpc) is 3.09. The number of aliphatic hydroxyl groups is 1. The van der Waals surface area contributed by atoms with Crippen LogP contribution in [0.15, 0.2) is 72.6 Å². The van der Waals surface area contributed by atoms with E-state index in [4.69, 9.17) is 4.74 Å². The quantitative estimate of drug-likeness (QED) is 0.319. The molecule has 6 nitrogen and oxygen atoms in total. The van der Waals surface area contributed by atoms with E-state index in [1.165, 1.54) is 23.1 Å². The van der Waals surface area contributed by atoms with Crippen molar-refractivity contribution in [3.05, 3.63) is 101 Å². The molecule has 0 saturated carbocycles. The van der Waals surface area contributed by atoms with Gasteiger partial charge in [0, 0.05) is 30.1 Å². The highest BCUT2D eigenvalue weighted by atomic mass is 19.1. The maximum Gasteiger partial charge on any atom is 0.295 e. The number of ketones is 1. The Labute approximate surface area is 197 Å². The summed E-state index contributed by atoms with van der Waals surface area (Å²) < 4.78 is 20.3. The molecule has 1 aliphatic heterocycles. The predicted molar refractivity (Wildman–Crippen MR) is 126 cm³/mol. The van der Waals surface area contributed by atoms with E-state index in [1.54, 1.807) is 55.9 Å². The van der Waals surface area contributed by atoms with Crippen LogP contribution in [0.2, 0.25) is 0 Å². The van der Waals surface area contributed by atoms with Gasteiger partial charge in [0.1, 0.15) is 17.3 Å². The number of hydrogen-bond donors (Lipinski definition) is 1. The first-order valence-electron chi connectivity index (χ1n) is 10.9. The van der Waals surface area contributed by atoms with Crippen molar-refractivity contribution in [2.75, 3.05) is 7.11 Å². The lowest BCUT2D eigenvalue weighted by atomic mass is 9.93. The van der Waals surface area contributed by atoms with Gasteiger partial charge >= 0.3 is 0 Å². The second-order valence-electron chi connectivity index (χ2n) is 8.42. The van der Waals surface area contributed by atoms with Crippen molar-refractivity contribution in [1.29, 1.82) is 0 Å². The predicted octanol–water partition coefficient (Wildman–Crippen LogP) is 4.97. The zero-order valence-corrected chi connectivity index (χ0v) is 19.2. The Bertz CT molecular complexity index is 1270. The summed E-state index contributed by atoms with van der Waals surface area (Å²) in [5.74, 6) is -1.86. The second kappa shape index (κ2) is 9.47. The molecule has 0 radical (unpaired) electrons. The summed E-state index contributed by atoms with van der Waals surface area (Å²) in [5.41, 5.74) is 1.90. The van der Waals surface area contributed by atoms with Gasteiger partial charge in [0.05, 0.1) is 18.7 Å². The molecule has 1 amide bonds. The molecular weight excluding hydrogens is 435 g/mol. The number of carbonyl (C=O) groups is 2. The monoisotopic (exact) mass is 460 g/mol. The molecule has 7 heteroatoms. The summed E-state index contributed by atoms with van der Waals surface area (Å²) in [6.07, 6.45) is 3.16. The van der Waals surface area contributed by atoms with Crippen molar-refractivity contribution in [3.63, 3.8) is 0 Å². The molecule has 1 unspecified atom stereocenters. The molecule has 3 aromatic rings. The van der Waals surface area contributed by atoms with E-state index in [0.717, 1.165) is 11.1 Å². The lowest BCUT2D eigenvalue weighted by molar-refractivity contribution is -0.140. The number of carbonyl (C=O) groups excluding carboxylic acids is 2. The van der Waals surface area contributed by atoms with Crippen molar-refractivity contribution < 1.29 is 23.8 Å². The lowest BCUT2D eigenvalue weighted by Gasteiger charge is -2.25. The summed E-state index contributed by atoms with van der Waals surface area (Å²) in [5, 5.41) is 11.3. The number of benzene rings is 2. The standard InChI is InChI=1S/C27H25FN2O4/c1-16(2)20-14-18(8-9-22(20)34-3)25(31)23-24(19-6-4-5-7-21(19)28)30(27(33)26(23)32)15-17-10-12-29-13-11-17/h4-14,16,24,31H,15H2,1-3H3/b25-23+. The normalized spacial score (nSPS) is 17.4. The van der Waals surface area contributed by atoms with E-state index in [9.17, 15) is 19.1 Å². The van der Waals surface area contributed by atoms with Crippen molar-refractivity contribution in [2.24, 2.45) is 0 Å². The number of pyridine rings is 1. The molecular formula is C27H25FN2O4. The van der Waals surface area contributed by atoms with Crippen LogP contribution < -0.4 is 4.74 Å². The topological polar surface area (TPSA) is 79.7 Å². The van der Waals surface area contributed by atoms with E-state index in [0.29, 0.717) is 11.3 Å². The third kappa shape index (κ3) is 4.17. The number of rotatable bonds is 6. The van der Waals surface area contributed by atoms with Gasteiger partial charge in [0.25, 0.3) is 11.7 Å². The molecule has 174 valence electrons. The molecule has 1 fully saturated rings. The highest BCUT2D eigenvalue weighted by Crippen LogP contribution is 2.41.